The van der Waals surface area contributed by atoms with Crippen LogP contribution in [0.1, 0.15) is 0 Å². The zero-order valence-corrected chi connectivity index (χ0v) is 16.3. The molecule has 0 aromatic rings. The van der Waals surface area contributed by atoms with E-state index < -0.39 is 26.0 Å². The van der Waals surface area contributed by atoms with Crippen LogP contribution < -0.4 is 56.3 Å². The first-order chi connectivity index (χ1) is 5.71. The Kier molecular flexibility index (Phi) is 17.1. The van der Waals surface area contributed by atoms with Crippen LogP contribution >= 0.6 is 15.6 Å². The molecule has 0 heterocycles. The monoisotopic (exact) mass is 376 g/mol. The Morgan fingerprint density at radius 1 is 1.06 bits per heavy atom. The van der Waals surface area contributed by atoms with Gasteiger partial charge in [0.25, 0.3) is 7.82 Å². The van der Waals surface area contributed by atoms with Crippen molar-refractivity contribution in [3.05, 3.63) is 0 Å². The molecule has 1 unspecified atom stereocenters. The minimum atomic E-state index is -5.30. The Balaban J connectivity index is -0.0000000904. The topological polar surface area (TPSA) is 207 Å². The number of phosphoric acid groups is 2. The fourth-order valence-electron chi connectivity index (χ4n) is 0.134. The van der Waals surface area contributed by atoms with Gasteiger partial charge in [-0.25, -0.2) is 8.88 Å². The molecule has 16 heavy (non-hydrogen) atoms. The Labute approximate surface area is 145 Å². The molecule has 0 aliphatic rings. The SMILES string of the molecule is O=P([O-])(O)OP(=O)(O)O.O=S(=O)([O-])[O-].[K+].[Zn+2]. The van der Waals surface area contributed by atoms with Gasteiger partial charge in [-0.2, -0.15) is 0 Å². The molecule has 0 bridgehead atoms. The fourth-order valence-corrected chi connectivity index (χ4v) is 1.21. The minimum absolute atomic E-state index is 0. The van der Waals surface area contributed by atoms with Crippen LogP contribution in [-0.2, 0) is 43.3 Å². The van der Waals surface area contributed by atoms with Crippen LogP contribution in [0.25, 0.3) is 0 Å². The van der Waals surface area contributed by atoms with E-state index in [2.05, 4.69) is 4.31 Å². The Morgan fingerprint density at radius 2 is 1.25 bits per heavy atom. The zero-order valence-electron chi connectivity index (χ0n) is 7.62. The van der Waals surface area contributed by atoms with Crippen molar-refractivity contribution in [3.63, 3.8) is 0 Å². The third-order valence-corrected chi connectivity index (χ3v) is 1.89. The molecule has 1 atom stereocenters. The Bertz CT molecular complexity index is 318. The predicted molar refractivity (Wildman–Crippen MR) is 33.4 cm³/mol. The van der Waals surface area contributed by atoms with Gasteiger partial charge in [0.05, 0.1) is 0 Å². The average Bonchev–Trinajstić information content (AvgIpc) is 1.42. The van der Waals surface area contributed by atoms with E-state index >= 15 is 0 Å². The van der Waals surface area contributed by atoms with E-state index in [1.54, 1.807) is 0 Å². The summed E-state index contributed by atoms with van der Waals surface area (Å²) < 4.78 is 56.0. The van der Waals surface area contributed by atoms with Crippen LogP contribution in [0, 0.1) is 0 Å². The summed E-state index contributed by atoms with van der Waals surface area (Å²) in [5.41, 5.74) is 0. The van der Waals surface area contributed by atoms with E-state index in [1.165, 1.54) is 0 Å². The van der Waals surface area contributed by atoms with Gasteiger partial charge in [-0.05, 0) is 0 Å². The van der Waals surface area contributed by atoms with Crippen LogP contribution in [0.2, 0.25) is 0 Å². The van der Waals surface area contributed by atoms with Crippen molar-refractivity contribution < 1.29 is 121 Å². The van der Waals surface area contributed by atoms with Gasteiger partial charge in [0.15, 0.2) is 0 Å². The van der Waals surface area contributed by atoms with Crippen LogP contribution in [0.15, 0.2) is 0 Å². The maximum absolute atomic E-state index is 9.59. The largest absolute Gasteiger partial charge is 2.00 e. The summed E-state index contributed by atoms with van der Waals surface area (Å²) in [4.78, 5) is 32.6. The summed E-state index contributed by atoms with van der Waals surface area (Å²) in [6, 6.07) is 0. The van der Waals surface area contributed by atoms with Crippen LogP contribution in [0.4, 0.5) is 0 Å². The molecule has 88 valence electrons. The smallest absolute Gasteiger partial charge is 0.759 e. The average molecular weight is 378 g/mol. The molecule has 16 heteroatoms. The second-order valence-corrected chi connectivity index (χ2v) is 4.84. The predicted octanol–water partition coefficient (Wildman–Crippen LogP) is -5.78. The molecule has 0 spiro atoms. The van der Waals surface area contributed by atoms with Crippen LogP contribution in [0.3, 0.4) is 0 Å². The molecule has 0 radical (unpaired) electrons. The number of rotatable bonds is 2. The van der Waals surface area contributed by atoms with Crippen molar-refractivity contribution in [1.82, 2.24) is 0 Å². The summed E-state index contributed by atoms with van der Waals surface area (Å²) in [5.74, 6) is 0. The first kappa shape index (κ1) is 26.9. The normalized spacial score (nSPS) is 14.4. The van der Waals surface area contributed by atoms with Gasteiger partial charge < -0.3 is 28.7 Å². The third-order valence-electron chi connectivity index (χ3n) is 0.210. The Hall–Kier alpha value is 2.39. The summed E-state index contributed by atoms with van der Waals surface area (Å²) in [6.45, 7) is 0. The molecular weight excluding hydrogens is 374 g/mol. The fraction of sp³-hybridized carbons (Fsp3) is 0. The molecule has 0 aliphatic heterocycles. The van der Waals surface area contributed by atoms with Crippen molar-refractivity contribution in [1.29, 1.82) is 0 Å². The molecule has 3 N–H and O–H groups in total. The van der Waals surface area contributed by atoms with Gasteiger partial charge >= 0.3 is 78.7 Å². The van der Waals surface area contributed by atoms with Gasteiger partial charge in [-0.3, -0.25) is 13.0 Å². The maximum Gasteiger partial charge on any atom is 2.00 e. The molecule has 0 aromatic carbocycles. The zero-order chi connectivity index (χ0) is 12.2. The Morgan fingerprint density at radius 3 is 1.25 bits per heavy atom. The summed E-state index contributed by atoms with van der Waals surface area (Å²) in [7, 11) is -15.6. The molecule has 0 aromatic heterocycles. The molecule has 0 rings (SSSR count). The van der Waals surface area contributed by atoms with Gasteiger partial charge in [0.1, 0.15) is 0 Å². The standard InChI is InChI=1S/K.H4O7P2.H2O4S.Zn/c;1-8(2,3)7-9(4,5)6;1-5(2,3)4;/h;(H2,1,2,3)(H2,4,5,6);(H2,1,2,3,4);/q+1;;;+2/p-3. The van der Waals surface area contributed by atoms with Gasteiger partial charge in [-0.15, -0.1) is 0 Å². The minimum Gasteiger partial charge on any atom is -0.759 e. The second-order valence-electron chi connectivity index (χ2n) is 1.45. The van der Waals surface area contributed by atoms with E-state index in [0.717, 1.165) is 0 Å². The molecule has 0 aliphatic carbocycles. The van der Waals surface area contributed by atoms with E-state index in [-0.39, 0.29) is 70.9 Å². The van der Waals surface area contributed by atoms with Crippen LogP contribution in [0.5, 0.6) is 0 Å². The van der Waals surface area contributed by atoms with E-state index in [1.807, 2.05) is 0 Å². The quantitative estimate of drug-likeness (QED) is 0.179. The van der Waals surface area contributed by atoms with Gasteiger partial charge in [-0.1, -0.05) is 0 Å². The van der Waals surface area contributed by atoms with Crippen molar-refractivity contribution in [2.75, 3.05) is 0 Å². The maximum atomic E-state index is 9.59. The summed E-state index contributed by atoms with van der Waals surface area (Å²) in [6.07, 6.45) is 0. The molecule has 11 nitrogen and oxygen atoms in total. The summed E-state index contributed by atoms with van der Waals surface area (Å²) >= 11 is 0. The molecule has 0 saturated heterocycles. The van der Waals surface area contributed by atoms with Crippen molar-refractivity contribution in [3.8, 4) is 0 Å². The first-order valence-electron chi connectivity index (χ1n) is 2.18. The first-order valence-corrected chi connectivity index (χ1v) is 6.54. The van der Waals surface area contributed by atoms with E-state index in [4.69, 9.17) is 32.2 Å². The third kappa shape index (κ3) is 55.1. The molecular formula is H3KO11P2SZn. The van der Waals surface area contributed by atoms with Crippen LogP contribution in [-0.4, -0.2) is 32.2 Å². The van der Waals surface area contributed by atoms with Crippen molar-refractivity contribution in [2.45, 2.75) is 0 Å². The van der Waals surface area contributed by atoms with Gasteiger partial charge in [0.2, 0.25) is 0 Å². The summed E-state index contributed by atoms with van der Waals surface area (Å²) in [5, 5.41) is 0. The van der Waals surface area contributed by atoms with E-state index in [9.17, 15) is 14.0 Å². The van der Waals surface area contributed by atoms with Crippen molar-refractivity contribution in [2.24, 2.45) is 0 Å². The molecule has 0 amide bonds. The molecule has 0 fully saturated rings. The van der Waals surface area contributed by atoms with Crippen molar-refractivity contribution >= 4 is 26.0 Å². The second kappa shape index (κ2) is 10.2. The number of hydrogen-bond acceptors (Lipinski definition) is 8. The number of hydrogen-bond donors (Lipinski definition) is 3. The van der Waals surface area contributed by atoms with Gasteiger partial charge in [0, 0.05) is 10.4 Å². The molecule has 0 saturated carbocycles. The van der Waals surface area contributed by atoms with E-state index in [0.29, 0.717) is 0 Å².